The molecule has 122 valence electrons. The lowest BCUT2D eigenvalue weighted by Gasteiger charge is -1.99. The van der Waals surface area contributed by atoms with Crippen LogP contribution in [0.2, 0.25) is 0 Å². The minimum atomic E-state index is -0.683. The van der Waals surface area contributed by atoms with E-state index in [9.17, 15) is 9.50 Å². The molecule has 4 aromatic rings. The van der Waals surface area contributed by atoms with Crippen molar-refractivity contribution in [3.05, 3.63) is 72.3 Å². The van der Waals surface area contributed by atoms with E-state index in [0.29, 0.717) is 28.2 Å². The molecule has 0 spiro atoms. The second kappa shape index (κ2) is 6.16. The highest BCUT2D eigenvalue weighted by atomic mass is 19.1. The Kier molecular flexibility index (Phi) is 3.70. The molecular weight excluding hydrogens is 321 g/mol. The van der Waals surface area contributed by atoms with Gasteiger partial charge in [-0.05, 0) is 42.5 Å². The molecule has 0 saturated carbocycles. The predicted octanol–water partition coefficient (Wildman–Crippen LogP) is 4.49. The lowest BCUT2D eigenvalue weighted by Crippen LogP contribution is -1.85. The van der Waals surface area contributed by atoms with Gasteiger partial charge in [0.2, 0.25) is 5.89 Å². The van der Waals surface area contributed by atoms with Crippen molar-refractivity contribution in [3.8, 4) is 17.2 Å². The highest BCUT2D eigenvalue weighted by molar-refractivity contribution is 5.87. The van der Waals surface area contributed by atoms with Crippen molar-refractivity contribution in [2.24, 2.45) is 4.99 Å². The van der Waals surface area contributed by atoms with Crippen molar-refractivity contribution in [3.63, 3.8) is 0 Å². The Hall–Kier alpha value is -3.54. The van der Waals surface area contributed by atoms with Gasteiger partial charge in [0, 0.05) is 24.2 Å². The SMILES string of the molecule is Oc1c(F)cccc1C=Nc1ccc2oc(-c3cccnc3)nc2c1. The number of fused-ring (bicyclic) bond motifs is 1. The summed E-state index contributed by atoms with van der Waals surface area (Å²) >= 11 is 0. The number of halogens is 1. The monoisotopic (exact) mass is 333 g/mol. The van der Waals surface area contributed by atoms with E-state index in [2.05, 4.69) is 15.0 Å². The van der Waals surface area contributed by atoms with Crippen LogP contribution in [0, 0.1) is 5.82 Å². The molecule has 2 aromatic carbocycles. The molecule has 0 radical (unpaired) electrons. The Balaban J connectivity index is 1.67. The predicted molar refractivity (Wildman–Crippen MR) is 92.6 cm³/mol. The fourth-order valence-electron chi connectivity index (χ4n) is 2.39. The van der Waals surface area contributed by atoms with Crippen LogP contribution in [-0.2, 0) is 0 Å². The van der Waals surface area contributed by atoms with E-state index < -0.39 is 11.6 Å². The number of nitrogens with zero attached hydrogens (tertiary/aromatic N) is 3. The van der Waals surface area contributed by atoms with Crippen LogP contribution in [0.25, 0.3) is 22.6 Å². The number of aromatic hydroxyl groups is 1. The number of rotatable bonds is 3. The Morgan fingerprint density at radius 1 is 1.12 bits per heavy atom. The van der Waals surface area contributed by atoms with E-state index in [4.69, 9.17) is 4.42 Å². The first kappa shape index (κ1) is 15.0. The largest absolute Gasteiger partial charge is 0.504 e. The maximum Gasteiger partial charge on any atom is 0.228 e. The number of oxazole rings is 1. The van der Waals surface area contributed by atoms with Crippen molar-refractivity contribution >= 4 is 23.0 Å². The third kappa shape index (κ3) is 2.97. The Labute approximate surface area is 142 Å². The molecule has 0 saturated heterocycles. The molecule has 0 amide bonds. The molecule has 6 heteroatoms. The molecule has 0 aliphatic rings. The summed E-state index contributed by atoms with van der Waals surface area (Å²) in [5.41, 5.74) is 2.98. The van der Waals surface area contributed by atoms with Crippen molar-refractivity contribution in [2.45, 2.75) is 0 Å². The van der Waals surface area contributed by atoms with E-state index >= 15 is 0 Å². The topological polar surface area (TPSA) is 71.5 Å². The minimum absolute atomic E-state index is 0.302. The fourth-order valence-corrected chi connectivity index (χ4v) is 2.39. The van der Waals surface area contributed by atoms with Gasteiger partial charge in [-0.2, -0.15) is 0 Å². The van der Waals surface area contributed by atoms with Gasteiger partial charge in [-0.3, -0.25) is 9.98 Å². The summed E-state index contributed by atoms with van der Waals surface area (Å²) in [7, 11) is 0. The second-order valence-corrected chi connectivity index (χ2v) is 5.35. The van der Waals surface area contributed by atoms with E-state index in [1.54, 1.807) is 36.7 Å². The summed E-state index contributed by atoms with van der Waals surface area (Å²) in [5, 5.41) is 9.68. The zero-order chi connectivity index (χ0) is 17.2. The number of phenolic OH excluding ortho intramolecular Hbond substituents is 1. The average Bonchev–Trinajstić information content (AvgIpc) is 3.07. The zero-order valence-electron chi connectivity index (χ0n) is 12.9. The highest BCUT2D eigenvalue weighted by Crippen LogP contribution is 2.27. The standard InChI is InChI=1S/C19H12FN3O2/c20-15-5-1-3-12(18(15)24)11-22-14-6-7-17-16(9-14)23-19(25-17)13-4-2-8-21-10-13/h1-11,24H. The lowest BCUT2D eigenvalue weighted by atomic mass is 10.2. The maximum atomic E-state index is 13.3. The molecule has 0 aliphatic carbocycles. The summed E-state index contributed by atoms with van der Waals surface area (Å²) in [6.07, 6.45) is 4.76. The van der Waals surface area contributed by atoms with Gasteiger partial charge >= 0.3 is 0 Å². The summed E-state index contributed by atoms with van der Waals surface area (Å²) in [5.74, 6) is -0.628. The number of hydrogen-bond acceptors (Lipinski definition) is 5. The van der Waals surface area contributed by atoms with E-state index in [0.717, 1.165) is 5.56 Å². The fraction of sp³-hybridized carbons (Fsp3) is 0. The Morgan fingerprint density at radius 3 is 2.88 bits per heavy atom. The van der Waals surface area contributed by atoms with Crippen LogP contribution < -0.4 is 0 Å². The average molecular weight is 333 g/mol. The third-order valence-electron chi connectivity index (χ3n) is 3.65. The van der Waals surface area contributed by atoms with Gasteiger partial charge in [0.05, 0.1) is 11.3 Å². The van der Waals surface area contributed by atoms with Gasteiger partial charge in [0.15, 0.2) is 17.1 Å². The van der Waals surface area contributed by atoms with E-state index in [-0.39, 0.29) is 0 Å². The molecule has 0 atom stereocenters. The van der Waals surface area contributed by atoms with Gasteiger partial charge in [-0.1, -0.05) is 6.07 Å². The summed E-state index contributed by atoms with van der Waals surface area (Å²) in [4.78, 5) is 12.8. The molecule has 5 nitrogen and oxygen atoms in total. The van der Waals surface area contributed by atoms with Crippen molar-refractivity contribution in [2.75, 3.05) is 0 Å². The molecule has 0 unspecified atom stereocenters. The number of aromatic nitrogens is 2. The first-order chi connectivity index (χ1) is 12.2. The Bertz CT molecular complexity index is 1070. The lowest BCUT2D eigenvalue weighted by molar-refractivity contribution is 0.431. The normalized spacial score (nSPS) is 11.4. The van der Waals surface area contributed by atoms with Crippen molar-refractivity contribution in [1.29, 1.82) is 0 Å². The first-order valence-electron chi connectivity index (χ1n) is 7.53. The highest BCUT2D eigenvalue weighted by Gasteiger charge is 2.09. The molecule has 2 heterocycles. The van der Waals surface area contributed by atoms with E-state index in [1.165, 1.54) is 18.3 Å². The number of pyridine rings is 1. The molecule has 25 heavy (non-hydrogen) atoms. The minimum Gasteiger partial charge on any atom is -0.504 e. The van der Waals surface area contributed by atoms with Crippen LogP contribution in [0.3, 0.4) is 0 Å². The number of hydrogen-bond donors (Lipinski definition) is 1. The third-order valence-corrected chi connectivity index (χ3v) is 3.65. The van der Waals surface area contributed by atoms with Crippen LogP contribution in [0.1, 0.15) is 5.56 Å². The van der Waals surface area contributed by atoms with Crippen LogP contribution in [0.15, 0.2) is 70.3 Å². The number of aliphatic imine (C=N–C) groups is 1. The van der Waals surface area contributed by atoms with Crippen LogP contribution in [-0.4, -0.2) is 21.3 Å². The van der Waals surface area contributed by atoms with E-state index in [1.807, 2.05) is 12.1 Å². The van der Waals surface area contributed by atoms with Gasteiger partial charge in [-0.25, -0.2) is 9.37 Å². The number of phenols is 1. The molecule has 1 N–H and O–H groups in total. The van der Waals surface area contributed by atoms with Crippen LogP contribution in [0.4, 0.5) is 10.1 Å². The number of benzene rings is 2. The van der Waals surface area contributed by atoms with Crippen LogP contribution >= 0.6 is 0 Å². The number of para-hydroxylation sites is 1. The summed E-state index contributed by atoms with van der Waals surface area (Å²) in [6.45, 7) is 0. The zero-order valence-corrected chi connectivity index (χ0v) is 12.9. The second-order valence-electron chi connectivity index (χ2n) is 5.35. The molecule has 4 rings (SSSR count). The van der Waals surface area contributed by atoms with Gasteiger partial charge in [-0.15, -0.1) is 0 Å². The van der Waals surface area contributed by atoms with Crippen molar-refractivity contribution in [1.82, 2.24) is 9.97 Å². The quantitative estimate of drug-likeness (QED) is 0.561. The first-order valence-corrected chi connectivity index (χ1v) is 7.53. The maximum absolute atomic E-state index is 13.3. The molecule has 0 bridgehead atoms. The molecular formula is C19H12FN3O2. The van der Waals surface area contributed by atoms with Gasteiger partial charge < -0.3 is 9.52 Å². The van der Waals surface area contributed by atoms with Crippen molar-refractivity contribution < 1.29 is 13.9 Å². The molecule has 2 aromatic heterocycles. The van der Waals surface area contributed by atoms with Gasteiger partial charge in [0.1, 0.15) is 5.52 Å². The van der Waals surface area contributed by atoms with Gasteiger partial charge in [0.25, 0.3) is 0 Å². The molecule has 0 fully saturated rings. The summed E-state index contributed by atoms with van der Waals surface area (Å²) in [6, 6.07) is 13.2. The van der Waals surface area contributed by atoms with Crippen LogP contribution in [0.5, 0.6) is 5.75 Å². The smallest absolute Gasteiger partial charge is 0.228 e. The molecule has 0 aliphatic heterocycles. The summed E-state index contributed by atoms with van der Waals surface area (Å²) < 4.78 is 19.1. The Morgan fingerprint density at radius 2 is 2.04 bits per heavy atom.